The molecular formula is C10H10N2O5S2. The second kappa shape index (κ2) is 4.17. The van der Waals surface area contributed by atoms with Crippen molar-refractivity contribution in [1.82, 2.24) is 0 Å². The molecule has 0 fully saturated rings. The van der Waals surface area contributed by atoms with Crippen LogP contribution in [0.2, 0.25) is 0 Å². The van der Waals surface area contributed by atoms with Gasteiger partial charge in [0.05, 0.1) is 4.90 Å². The molecule has 0 heterocycles. The molecule has 102 valence electrons. The Hall–Kier alpha value is -1.68. The highest BCUT2D eigenvalue weighted by atomic mass is 32.2. The molecule has 0 aliphatic rings. The van der Waals surface area contributed by atoms with E-state index in [0.717, 1.165) is 6.07 Å². The van der Waals surface area contributed by atoms with Crippen molar-refractivity contribution in [2.75, 3.05) is 0 Å². The highest BCUT2D eigenvalue weighted by Crippen LogP contribution is 2.29. The minimum absolute atomic E-state index is 0.161. The first-order valence-corrected chi connectivity index (χ1v) is 8.01. The molecular weight excluding hydrogens is 292 g/mol. The van der Waals surface area contributed by atoms with Gasteiger partial charge in [-0.2, -0.15) is 0 Å². The van der Waals surface area contributed by atoms with Crippen LogP contribution in [0.5, 0.6) is 5.75 Å². The Balaban J connectivity index is 2.83. The largest absolute Gasteiger partial charge is 0.507 e. The lowest BCUT2D eigenvalue weighted by Crippen LogP contribution is -2.13. The Morgan fingerprint density at radius 1 is 0.842 bits per heavy atom. The maximum absolute atomic E-state index is 11.3. The summed E-state index contributed by atoms with van der Waals surface area (Å²) in [6, 6.07) is 6.14. The van der Waals surface area contributed by atoms with Gasteiger partial charge in [0.2, 0.25) is 20.0 Å². The van der Waals surface area contributed by atoms with Gasteiger partial charge >= 0.3 is 0 Å². The molecule has 0 bridgehead atoms. The van der Waals surface area contributed by atoms with Gasteiger partial charge in [-0.15, -0.1) is 0 Å². The fourth-order valence-corrected chi connectivity index (χ4v) is 2.84. The standard InChI is InChI=1S/C10H10N2O5S2/c11-18(14,15)8-2-1-6-4-9(13)10(19(12,16)17)5-7(6)3-8/h1-5,13H,(H2,11,14,15)(H2,12,16,17). The molecule has 2 aromatic carbocycles. The van der Waals surface area contributed by atoms with Gasteiger partial charge in [-0.05, 0) is 35.0 Å². The van der Waals surface area contributed by atoms with Gasteiger partial charge in [0.25, 0.3) is 0 Å². The number of nitrogens with two attached hydrogens (primary N) is 2. The van der Waals surface area contributed by atoms with E-state index < -0.39 is 30.7 Å². The summed E-state index contributed by atoms with van der Waals surface area (Å²) in [6.07, 6.45) is 0. The van der Waals surface area contributed by atoms with E-state index in [1.807, 2.05) is 0 Å². The maximum Gasteiger partial charge on any atom is 0.241 e. The number of benzene rings is 2. The predicted octanol–water partition coefficient (Wildman–Crippen LogP) is -0.160. The second-order valence-electron chi connectivity index (χ2n) is 3.92. The molecule has 0 aliphatic heterocycles. The van der Waals surface area contributed by atoms with E-state index in [2.05, 4.69) is 0 Å². The van der Waals surface area contributed by atoms with Gasteiger partial charge in [0, 0.05) is 0 Å². The monoisotopic (exact) mass is 302 g/mol. The minimum Gasteiger partial charge on any atom is -0.507 e. The fraction of sp³-hybridized carbons (Fsp3) is 0. The maximum atomic E-state index is 11.3. The van der Waals surface area contributed by atoms with Crippen molar-refractivity contribution in [3.05, 3.63) is 30.3 Å². The average Bonchev–Trinajstić information content (AvgIpc) is 2.24. The van der Waals surface area contributed by atoms with E-state index in [1.165, 1.54) is 24.3 Å². The van der Waals surface area contributed by atoms with E-state index in [1.54, 1.807) is 0 Å². The van der Waals surface area contributed by atoms with Crippen LogP contribution in [-0.2, 0) is 20.0 Å². The Kier molecular flexibility index (Phi) is 3.01. The second-order valence-corrected chi connectivity index (χ2v) is 7.01. The molecule has 2 aromatic rings. The van der Waals surface area contributed by atoms with Crippen LogP contribution in [0.3, 0.4) is 0 Å². The molecule has 19 heavy (non-hydrogen) atoms. The van der Waals surface area contributed by atoms with E-state index in [0.29, 0.717) is 5.39 Å². The highest BCUT2D eigenvalue weighted by molar-refractivity contribution is 7.89. The Labute approximate surface area is 109 Å². The number of aromatic hydroxyl groups is 1. The van der Waals surface area contributed by atoms with E-state index >= 15 is 0 Å². The number of hydrogen-bond acceptors (Lipinski definition) is 5. The van der Waals surface area contributed by atoms with Gasteiger partial charge in [-0.3, -0.25) is 0 Å². The molecule has 0 aliphatic carbocycles. The molecule has 9 heteroatoms. The van der Waals surface area contributed by atoms with Crippen LogP contribution < -0.4 is 10.3 Å². The topological polar surface area (TPSA) is 141 Å². The highest BCUT2D eigenvalue weighted by Gasteiger charge is 2.16. The molecule has 5 N–H and O–H groups in total. The molecule has 0 saturated carbocycles. The van der Waals surface area contributed by atoms with Crippen molar-refractivity contribution in [3.63, 3.8) is 0 Å². The van der Waals surface area contributed by atoms with Crippen molar-refractivity contribution >= 4 is 30.8 Å². The van der Waals surface area contributed by atoms with Crippen LogP contribution in [0.25, 0.3) is 10.8 Å². The fourth-order valence-electron chi connectivity index (χ4n) is 1.65. The quantitative estimate of drug-likeness (QED) is 0.707. The van der Waals surface area contributed by atoms with Crippen LogP contribution in [0, 0.1) is 0 Å². The number of phenolic OH excluding ortho intramolecular Hbond substituents is 1. The molecule has 0 unspecified atom stereocenters. The zero-order valence-electron chi connectivity index (χ0n) is 9.44. The van der Waals surface area contributed by atoms with Gasteiger partial charge in [-0.1, -0.05) is 6.07 Å². The average molecular weight is 302 g/mol. The Morgan fingerprint density at radius 3 is 2.00 bits per heavy atom. The lowest BCUT2D eigenvalue weighted by atomic mass is 10.1. The first kappa shape index (κ1) is 13.7. The molecule has 0 atom stereocenters. The van der Waals surface area contributed by atoms with Crippen molar-refractivity contribution in [2.45, 2.75) is 9.79 Å². The van der Waals surface area contributed by atoms with E-state index in [4.69, 9.17) is 10.3 Å². The van der Waals surface area contributed by atoms with Gasteiger partial charge in [0.15, 0.2) is 0 Å². The van der Waals surface area contributed by atoms with E-state index in [9.17, 15) is 21.9 Å². The van der Waals surface area contributed by atoms with Crippen LogP contribution in [0.15, 0.2) is 40.1 Å². The summed E-state index contributed by atoms with van der Waals surface area (Å²) in [5.41, 5.74) is 0. The number of phenols is 1. The number of sulfonamides is 2. The van der Waals surface area contributed by atoms with Crippen LogP contribution in [0.1, 0.15) is 0 Å². The number of rotatable bonds is 2. The Morgan fingerprint density at radius 2 is 1.47 bits per heavy atom. The van der Waals surface area contributed by atoms with Crippen LogP contribution in [-0.4, -0.2) is 21.9 Å². The predicted molar refractivity (Wildman–Crippen MR) is 68.4 cm³/mol. The summed E-state index contributed by atoms with van der Waals surface area (Å²) >= 11 is 0. The molecule has 0 radical (unpaired) electrons. The number of fused-ring (bicyclic) bond motifs is 1. The van der Waals surface area contributed by atoms with Crippen LogP contribution in [0.4, 0.5) is 0 Å². The lowest BCUT2D eigenvalue weighted by Gasteiger charge is -2.06. The zero-order chi connectivity index (χ0) is 14.4. The summed E-state index contributed by atoms with van der Waals surface area (Å²) in [4.78, 5) is -0.641. The summed E-state index contributed by atoms with van der Waals surface area (Å²) < 4.78 is 44.9. The van der Waals surface area contributed by atoms with Gasteiger partial charge in [0.1, 0.15) is 10.6 Å². The number of primary sulfonamides is 2. The molecule has 2 rings (SSSR count). The van der Waals surface area contributed by atoms with Crippen molar-refractivity contribution in [2.24, 2.45) is 10.3 Å². The third-order valence-corrected chi connectivity index (χ3v) is 4.38. The SMILES string of the molecule is NS(=O)(=O)c1ccc2cc(O)c(S(N)(=O)=O)cc2c1. The minimum atomic E-state index is -4.10. The van der Waals surface area contributed by atoms with Gasteiger partial charge < -0.3 is 5.11 Å². The first-order chi connectivity index (χ1) is 8.59. The van der Waals surface area contributed by atoms with Gasteiger partial charge in [-0.25, -0.2) is 27.1 Å². The van der Waals surface area contributed by atoms with Crippen molar-refractivity contribution in [1.29, 1.82) is 0 Å². The summed E-state index contributed by atoms with van der Waals surface area (Å²) in [5.74, 6) is -0.502. The van der Waals surface area contributed by atoms with Crippen molar-refractivity contribution < 1.29 is 21.9 Å². The lowest BCUT2D eigenvalue weighted by molar-refractivity contribution is 0.460. The molecule has 0 saturated heterocycles. The third kappa shape index (κ3) is 2.68. The first-order valence-electron chi connectivity index (χ1n) is 4.91. The Bertz CT molecular complexity index is 872. The molecule has 0 aromatic heterocycles. The van der Waals surface area contributed by atoms with E-state index in [-0.39, 0.29) is 10.3 Å². The smallest absolute Gasteiger partial charge is 0.241 e. The molecule has 0 spiro atoms. The normalized spacial score (nSPS) is 12.7. The van der Waals surface area contributed by atoms with Crippen LogP contribution >= 0.6 is 0 Å². The molecule has 7 nitrogen and oxygen atoms in total. The third-order valence-electron chi connectivity index (χ3n) is 2.52. The summed E-state index contributed by atoms with van der Waals surface area (Å²) in [5, 5.41) is 20.2. The molecule has 0 amide bonds. The van der Waals surface area contributed by atoms with Crippen molar-refractivity contribution in [3.8, 4) is 5.75 Å². The number of hydrogen-bond donors (Lipinski definition) is 3. The summed E-state index contributed by atoms with van der Waals surface area (Å²) in [6.45, 7) is 0. The zero-order valence-corrected chi connectivity index (χ0v) is 11.1. The summed E-state index contributed by atoms with van der Waals surface area (Å²) in [7, 11) is -8.00.